The summed E-state index contributed by atoms with van der Waals surface area (Å²) in [5, 5.41) is 11.9. The van der Waals surface area contributed by atoms with Gasteiger partial charge in [-0.1, -0.05) is 0 Å². The van der Waals surface area contributed by atoms with Gasteiger partial charge in [-0.15, -0.1) is 0 Å². The van der Waals surface area contributed by atoms with Crippen molar-refractivity contribution >= 4 is 23.7 Å². The summed E-state index contributed by atoms with van der Waals surface area (Å²) in [6, 6.07) is 1.39. The highest BCUT2D eigenvalue weighted by molar-refractivity contribution is 7.99. The van der Waals surface area contributed by atoms with E-state index >= 15 is 0 Å². The van der Waals surface area contributed by atoms with E-state index in [0.717, 1.165) is 6.54 Å². The van der Waals surface area contributed by atoms with Gasteiger partial charge in [-0.2, -0.15) is 11.8 Å². The summed E-state index contributed by atoms with van der Waals surface area (Å²) in [5.74, 6) is 2.45. The van der Waals surface area contributed by atoms with E-state index in [0.29, 0.717) is 11.9 Å². The average molecular weight is 253 g/mol. The predicted molar refractivity (Wildman–Crippen MR) is 67.5 cm³/mol. The van der Waals surface area contributed by atoms with Crippen molar-refractivity contribution in [2.24, 2.45) is 5.92 Å². The Hall–Kier alpha value is -1.30. The number of carbonyl (C=O) groups is 1. The summed E-state index contributed by atoms with van der Waals surface area (Å²) in [5.41, 5.74) is 0.0294. The van der Waals surface area contributed by atoms with Crippen molar-refractivity contribution in [3.05, 3.63) is 18.0 Å². The summed E-state index contributed by atoms with van der Waals surface area (Å²) < 4.78 is 0. The lowest BCUT2D eigenvalue weighted by molar-refractivity contribution is 0.0690. The number of carboxylic acid groups (broad SMARTS) is 1. The number of nitrogens with one attached hydrogen (secondary N) is 1. The molecule has 1 aliphatic heterocycles. The molecular formula is C11H15N3O2S. The standard InChI is InChI=1S/C11H15N3O2S/c15-10(16)9-1-4-12-11(14-9)13-7-8-2-5-17-6-3-8/h1,4,8H,2-3,5-7H2,(H,15,16)(H,12,13,14). The van der Waals surface area contributed by atoms with Crippen LogP contribution in [0.2, 0.25) is 0 Å². The third-order valence-corrected chi connectivity index (χ3v) is 3.81. The average Bonchev–Trinajstić information content (AvgIpc) is 2.38. The summed E-state index contributed by atoms with van der Waals surface area (Å²) >= 11 is 1.99. The first kappa shape index (κ1) is 12.2. The van der Waals surface area contributed by atoms with Crippen molar-refractivity contribution in [3.63, 3.8) is 0 Å². The third kappa shape index (κ3) is 3.59. The van der Waals surface area contributed by atoms with Crippen LogP contribution >= 0.6 is 11.8 Å². The predicted octanol–water partition coefficient (Wildman–Crippen LogP) is 1.73. The minimum absolute atomic E-state index is 0.0294. The fourth-order valence-electron chi connectivity index (χ4n) is 1.75. The van der Waals surface area contributed by atoms with Crippen LogP contribution in [0.1, 0.15) is 23.3 Å². The van der Waals surface area contributed by atoms with Gasteiger partial charge < -0.3 is 10.4 Å². The molecule has 2 N–H and O–H groups in total. The zero-order chi connectivity index (χ0) is 12.1. The maximum Gasteiger partial charge on any atom is 0.354 e. The molecule has 17 heavy (non-hydrogen) atoms. The largest absolute Gasteiger partial charge is 0.477 e. The van der Waals surface area contributed by atoms with E-state index in [1.54, 1.807) is 0 Å². The highest BCUT2D eigenvalue weighted by atomic mass is 32.2. The smallest absolute Gasteiger partial charge is 0.354 e. The summed E-state index contributed by atoms with van der Waals surface area (Å²) in [6.45, 7) is 0.823. The van der Waals surface area contributed by atoms with Gasteiger partial charge in [0, 0.05) is 12.7 Å². The van der Waals surface area contributed by atoms with E-state index in [2.05, 4.69) is 15.3 Å². The Kier molecular flexibility index (Phi) is 4.19. The van der Waals surface area contributed by atoms with Gasteiger partial charge in [0.15, 0.2) is 5.69 Å². The first-order chi connectivity index (χ1) is 8.25. The minimum atomic E-state index is -1.02. The van der Waals surface area contributed by atoms with E-state index < -0.39 is 5.97 Å². The lowest BCUT2D eigenvalue weighted by Crippen LogP contribution is -2.20. The molecular weight excluding hydrogens is 238 g/mol. The molecule has 2 rings (SSSR count). The van der Waals surface area contributed by atoms with Crippen molar-refractivity contribution in [1.82, 2.24) is 9.97 Å². The van der Waals surface area contributed by atoms with E-state index in [4.69, 9.17) is 5.11 Å². The highest BCUT2D eigenvalue weighted by Gasteiger charge is 2.14. The van der Waals surface area contributed by atoms with Crippen LogP contribution in [0, 0.1) is 5.92 Å². The fraction of sp³-hybridized carbons (Fsp3) is 0.545. The van der Waals surface area contributed by atoms with Crippen LogP contribution in [-0.4, -0.2) is 39.1 Å². The van der Waals surface area contributed by atoms with Crippen molar-refractivity contribution in [2.75, 3.05) is 23.4 Å². The second-order valence-corrected chi connectivity index (χ2v) is 5.23. The second kappa shape index (κ2) is 5.86. The molecule has 0 aromatic carbocycles. The van der Waals surface area contributed by atoms with Crippen molar-refractivity contribution in [3.8, 4) is 0 Å². The van der Waals surface area contributed by atoms with E-state index in [-0.39, 0.29) is 5.69 Å². The van der Waals surface area contributed by atoms with Gasteiger partial charge >= 0.3 is 5.97 Å². The number of hydrogen-bond donors (Lipinski definition) is 2. The Morgan fingerprint density at radius 3 is 3.00 bits per heavy atom. The molecule has 1 aromatic heterocycles. The van der Waals surface area contributed by atoms with Crippen LogP contribution in [-0.2, 0) is 0 Å². The van der Waals surface area contributed by atoms with Crippen LogP contribution in [0.5, 0.6) is 0 Å². The number of thioether (sulfide) groups is 1. The number of hydrogen-bond acceptors (Lipinski definition) is 5. The maximum atomic E-state index is 10.7. The van der Waals surface area contributed by atoms with Crippen LogP contribution in [0.25, 0.3) is 0 Å². The molecule has 2 heterocycles. The summed E-state index contributed by atoms with van der Waals surface area (Å²) in [6.07, 6.45) is 3.88. The Bertz CT molecular complexity index is 394. The van der Waals surface area contributed by atoms with Gasteiger partial charge in [0.2, 0.25) is 5.95 Å². The second-order valence-electron chi connectivity index (χ2n) is 4.01. The number of aromatic nitrogens is 2. The molecule has 0 saturated carbocycles. The van der Waals surface area contributed by atoms with Gasteiger partial charge in [-0.05, 0) is 36.3 Å². The zero-order valence-electron chi connectivity index (χ0n) is 9.43. The Balaban J connectivity index is 1.89. The maximum absolute atomic E-state index is 10.7. The van der Waals surface area contributed by atoms with Gasteiger partial charge in [0.1, 0.15) is 0 Å². The van der Waals surface area contributed by atoms with Crippen LogP contribution in [0.15, 0.2) is 12.3 Å². The molecule has 1 aliphatic rings. The topological polar surface area (TPSA) is 75.1 Å². The normalized spacial score (nSPS) is 16.7. The number of carboxylic acids is 1. The Morgan fingerprint density at radius 2 is 2.29 bits per heavy atom. The third-order valence-electron chi connectivity index (χ3n) is 2.76. The molecule has 5 nitrogen and oxygen atoms in total. The Labute approximate surface area is 104 Å². The van der Waals surface area contributed by atoms with Crippen molar-refractivity contribution in [2.45, 2.75) is 12.8 Å². The van der Waals surface area contributed by atoms with E-state index in [1.807, 2.05) is 11.8 Å². The van der Waals surface area contributed by atoms with Gasteiger partial charge in [0.05, 0.1) is 0 Å². The molecule has 0 atom stereocenters. The molecule has 1 fully saturated rings. The molecule has 0 aliphatic carbocycles. The molecule has 0 radical (unpaired) electrons. The quantitative estimate of drug-likeness (QED) is 0.851. The number of nitrogens with zero attached hydrogens (tertiary/aromatic N) is 2. The van der Waals surface area contributed by atoms with Crippen LogP contribution in [0.4, 0.5) is 5.95 Å². The molecule has 1 aromatic rings. The Morgan fingerprint density at radius 1 is 1.53 bits per heavy atom. The minimum Gasteiger partial charge on any atom is -0.477 e. The van der Waals surface area contributed by atoms with Gasteiger partial charge in [-0.25, -0.2) is 14.8 Å². The van der Waals surface area contributed by atoms with Gasteiger partial charge in [-0.3, -0.25) is 0 Å². The molecule has 0 unspecified atom stereocenters. The van der Waals surface area contributed by atoms with E-state index in [9.17, 15) is 4.79 Å². The first-order valence-corrected chi connectivity index (χ1v) is 6.79. The highest BCUT2D eigenvalue weighted by Crippen LogP contribution is 2.22. The molecule has 1 saturated heterocycles. The van der Waals surface area contributed by atoms with Crippen molar-refractivity contribution < 1.29 is 9.90 Å². The zero-order valence-corrected chi connectivity index (χ0v) is 10.2. The van der Waals surface area contributed by atoms with Crippen molar-refractivity contribution in [1.29, 1.82) is 0 Å². The van der Waals surface area contributed by atoms with Gasteiger partial charge in [0.25, 0.3) is 0 Å². The lowest BCUT2D eigenvalue weighted by Gasteiger charge is -2.21. The first-order valence-electron chi connectivity index (χ1n) is 5.63. The SMILES string of the molecule is O=C(O)c1ccnc(NCC2CCSCC2)n1. The van der Waals surface area contributed by atoms with E-state index in [1.165, 1.54) is 36.6 Å². The number of aromatic carboxylic acids is 1. The molecule has 6 heteroatoms. The molecule has 92 valence electrons. The molecule has 0 amide bonds. The van der Waals surface area contributed by atoms with Crippen LogP contribution in [0.3, 0.4) is 0 Å². The fourth-order valence-corrected chi connectivity index (χ4v) is 2.95. The van der Waals surface area contributed by atoms with Crippen LogP contribution < -0.4 is 5.32 Å². The lowest BCUT2D eigenvalue weighted by atomic mass is 10.0. The number of rotatable bonds is 4. The monoisotopic (exact) mass is 253 g/mol. The summed E-state index contributed by atoms with van der Waals surface area (Å²) in [7, 11) is 0. The molecule has 0 spiro atoms. The molecule has 0 bridgehead atoms. The number of anilines is 1. The summed E-state index contributed by atoms with van der Waals surface area (Å²) in [4.78, 5) is 18.7.